The van der Waals surface area contributed by atoms with Crippen LogP contribution >= 0.6 is 0 Å². The number of hydrogen-bond donors (Lipinski definition) is 1. The number of aliphatic hydroxyl groups is 1. The molecule has 0 fully saturated rings. The summed E-state index contributed by atoms with van der Waals surface area (Å²) < 4.78 is 9.99. The summed E-state index contributed by atoms with van der Waals surface area (Å²) in [4.78, 5) is 10.9. The number of hydrogen-bond acceptors (Lipinski definition) is 4. The second-order valence-corrected chi connectivity index (χ2v) is 3.88. The van der Waals surface area contributed by atoms with Crippen LogP contribution in [-0.4, -0.2) is 30.4 Å². The molecule has 0 spiro atoms. The van der Waals surface area contributed by atoms with Crippen LogP contribution in [0, 0.1) is 11.8 Å². The Balaban J connectivity index is 2.18. The summed E-state index contributed by atoms with van der Waals surface area (Å²) in [5.74, 6) is 4.29. The SMILES string of the molecule is CCOC(=O)C#CCC(O)COCc1ccccc1. The summed E-state index contributed by atoms with van der Waals surface area (Å²) >= 11 is 0. The van der Waals surface area contributed by atoms with Crippen LogP contribution in [0.15, 0.2) is 30.3 Å². The monoisotopic (exact) mass is 262 g/mol. The van der Waals surface area contributed by atoms with E-state index in [2.05, 4.69) is 16.6 Å². The molecule has 1 N–H and O–H groups in total. The van der Waals surface area contributed by atoms with E-state index >= 15 is 0 Å². The van der Waals surface area contributed by atoms with Crippen LogP contribution in [0.1, 0.15) is 18.9 Å². The highest BCUT2D eigenvalue weighted by Crippen LogP contribution is 2.01. The first-order chi connectivity index (χ1) is 9.22. The number of carbonyl (C=O) groups is 1. The minimum absolute atomic E-state index is 0.187. The Hall–Kier alpha value is -1.83. The number of carbonyl (C=O) groups excluding carboxylic acids is 1. The van der Waals surface area contributed by atoms with Gasteiger partial charge in [-0.1, -0.05) is 36.3 Å². The molecule has 0 radical (unpaired) electrons. The van der Waals surface area contributed by atoms with Gasteiger partial charge in [0.1, 0.15) is 0 Å². The van der Waals surface area contributed by atoms with Gasteiger partial charge in [0.25, 0.3) is 0 Å². The Kier molecular flexibility index (Phi) is 7.33. The van der Waals surface area contributed by atoms with E-state index in [-0.39, 0.29) is 13.0 Å². The van der Waals surface area contributed by atoms with Crippen LogP contribution in [0.25, 0.3) is 0 Å². The fourth-order valence-electron chi connectivity index (χ4n) is 1.35. The van der Waals surface area contributed by atoms with E-state index in [1.54, 1.807) is 6.92 Å². The molecule has 102 valence electrons. The van der Waals surface area contributed by atoms with E-state index in [1.165, 1.54) is 0 Å². The summed E-state index contributed by atoms with van der Waals surface area (Å²) in [6, 6.07) is 9.70. The fraction of sp³-hybridized carbons (Fsp3) is 0.400. The quantitative estimate of drug-likeness (QED) is 0.480. The zero-order valence-electron chi connectivity index (χ0n) is 11.0. The van der Waals surface area contributed by atoms with Gasteiger partial charge in [0.15, 0.2) is 0 Å². The smallest absolute Gasteiger partial charge is 0.384 e. The molecule has 0 aliphatic rings. The van der Waals surface area contributed by atoms with Crippen molar-refractivity contribution < 1.29 is 19.4 Å². The first-order valence-electron chi connectivity index (χ1n) is 6.17. The van der Waals surface area contributed by atoms with Gasteiger partial charge in [-0.05, 0) is 12.5 Å². The lowest BCUT2D eigenvalue weighted by Gasteiger charge is -2.08. The van der Waals surface area contributed by atoms with Crippen LogP contribution in [0.3, 0.4) is 0 Å². The first kappa shape index (κ1) is 15.2. The molecule has 1 rings (SSSR count). The van der Waals surface area contributed by atoms with E-state index in [4.69, 9.17) is 4.74 Å². The highest BCUT2D eigenvalue weighted by atomic mass is 16.5. The average molecular weight is 262 g/mol. The molecule has 0 amide bonds. The van der Waals surface area contributed by atoms with Gasteiger partial charge >= 0.3 is 5.97 Å². The molecular formula is C15H18O4. The highest BCUT2D eigenvalue weighted by Gasteiger charge is 2.02. The first-order valence-corrected chi connectivity index (χ1v) is 6.17. The lowest BCUT2D eigenvalue weighted by molar-refractivity contribution is -0.136. The van der Waals surface area contributed by atoms with Gasteiger partial charge in [0.05, 0.1) is 25.9 Å². The second-order valence-electron chi connectivity index (χ2n) is 3.88. The summed E-state index contributed by atoms with van der Waals surface area (Å²) in [6.07, 6.45) is -0.515. The Bertz CT molecular complexity index is 430. The van der Waals surface area contributed by atoms with Crippen molar-refractivity contribution in [2.75, 3.05) is 13.2 Å². The Morgan fingerprint density at radius 1 is 1.37 bits per heavy atom. The second kappa shape index (κ2) is 9.15. The average Bonchev–Trinajstić information content (AvgIpc) is 2.40. The van der Waals surface area contributed by atoms with E-state index < -0.39 is 12.1 Å². The molecule has 0 aromatic heterocycles. The molecule has 4 nitrogen and oxygen atoms in total. The van der Waals surface area contributed by atoms with Crippen LogP contribution in [0.2, 0.25) is 0 Å². The van der Waals surface area contributed by atoms with Crippen molar-refractivity contribution >= 4 is 5.97 Å². The van der Waals surface area contributed by atoms with Gasteiger partial charge in [-0.25, -0.2) is 4.79 Å². The minimum atomic E-state index is -0.703. The molecule has 1 atom stereocenters. The summed E-state index contributed by atoms with van der Waals surface area (Å²) in [5, 5.41) is 9.59. The lowest BCUT2D eigenvalue weighted by Crippen LogP contribution is -2.14. The molecule has 0 heterocycles. The zero-order valence-corrected chi connectivity index (χ0v) is 11.0. The maximum Gasteiger partial charge on any atom is 0.384 e. The van der Waals surface area contributed by atoms with Gasteiger partial charge in [-0.2, -0.15) is 0 Å². The highest BCUT2D eigenvalue weighted by molar-refractivity contribution is 5.88. The molecule has 0 aliphatic carbocycles. The zero-order chi connectivity index (χ0) is 13.9. The molecule has 0 bridgehead atoms. The molecule has 1 unspecified atom stereocenters. The maximum atomic E-state index is 10.9. The fourth-order valence-corrected chi connectivity index (χ4v) is 1.35. The van der Waals surface area contributed by atoms with Crippen LogP contribution in [0.4, 0.5) is 0 Å². The predicted molar refractivity (Wildman–Crippen MR) is 71.1 cm³/mol. The van der Waals surface area contributed by atoms with Crippen molar-refractivity contribution in [3.63, 3.8) is 0 Å². The number of ether oxygens (including phenoxy) is 2. The molecule has 1 aromatic carbocycles. The van der Waals surface area contributed by atoms with E-state index in [0.29, 0.717) is 13.2 Å². The number of benzene rings is 1. The van der Waals surface area contributed by atoms with Gasteiger partial charge < -0.3 is 14.6 Å². The summed E-state index contributed by atoms with van der Waals surface area (Å²) in [7, 11) is 0. The third kappa shape index (κ3) is 7.24. The Morgan fingerprint density at radius 2 is 2.11 bits per heavy atom. The third-order valence-corrected chi connectivity index (χ3v) is 2.23. The predicted octanol–water partition coefficient (Wildman–Crippen LogP) is 1.52. The van der Waals surface area contributed by atoms with Crippen molar-refractivity contribution in [1.29, 1.82) is 0 Å². The van der Waals surface area contributed by atoms with Crippen molar-refractivity contribution in [3.8, 4) is 11.8 Å². The Morgan fingerprint density at radius 3 is 2.79 bits per heavy atom. The number of aliphatic hydroxyl groups excluding tert-OH is 1. The molecular weight excluding hydrogens is 244 g/mol. The van der Waals surface area contributed by atoms with Gasteiger partial charge in [0, 0.05) is 12.3 Å². The minimum Gasteiger partial charge on any atom is -0.456 e. The summed E-state index contributed by atoms with van der Waals surface area (Å²) in [6.45, 7) is 2.65. The molecule has 1 aromatic rings. The number of esters is 1. The van der Waals surface area contributed by atoms with Gasteiger partial charge in [-0.3, -0.25) is 0 Å². The molecule has 4 heteroatoms. The van der Waals surface area contributed by atoms with Gasteiger partial charge in [0.2, 0.25) is 0 Å². The molecule has 0 saturated heterocycles. The van der Waals surface area contributed by atoms with Crippen molar-refractivity contribution in [2.24, 2.45) is 0 Å². The summed E-state index contributed by atoms with van der Waals surface area (Å²) in [5.41, 5.74) is 1.05. The number of rotatable bonds is 6. The van der Waals surface area contributed by atoms with E-state index in [0.717, 1.165) is 5.56 Å². The van der Waals surface area contributed by atoms with Crippen molar-refractivity contribution in [2.45, 2.75) is 26.1 Å². The molecule has 0 aliphatic heterocycles. The van der Waals surface area contributed by atoms with E-state index in [9.17, 15) is 9.90 Å². The van der Waals surface area contributed by atoms with Crippen LogP contribution in [-0.2, 0) is 20.9 Å². The van der Waals surface area contributed by atoms with Crippen molar-refractivity contribution in [3.05, 3.63) is 35.9 Å². The third-order valence-electron chi connectivity index (χ3n) is 2.23. The van der Waals surface area contributed by atoms with Crippen LogP contribution in [0.5, 0.6) is 0 Å². The normalized spacial score (nSPS) is 11.3. The standard InChI is InChI=1S/C15H18O4/c1-2-19-15(17)10-6-9-14(16)12-18-11-13-7-4-3-5-8-13/h3-5,7-8,14,16H,2,9,11-12H2,1H3. The van der Waals surface area contributed by atoms with Gasteiger partial charge in [-0.15, -0.1) is 0 Å². The maximum absolute atomic E-state index is 10.9. The Labute approximate surface area is 113 Å². The van der Waals surface area contributed by atoms with Crippen molar-refractivity contribution in [1.82, 2.24) is 0 Å². The largest absolute Gasteiger partial charge is 0.456 e. The topological polar surface area (TPSA) is 55.8 Å². The van der Waals surface area contributed by atoms with Crippen LogP contribution < -0.4 is 0 Å². The van der Waals surface area contributed by atoms with E-state index in [1.807, 2.05) is 30.3 Å². The molecule has 0 saturated carbocycles. The lowest BCUT2D eigenvalue weighted by atomic mass is 10.2. The molecule has 19 heavy (non-hydrogen) atoms.